The zero-order chi connectivity index (χ0) is 25.3. The Hall–Kier alpha value is -3.10. The number of nitrogens with one attached hydrogen (secondary N) is 2. The Labute approximate surface area is 208 Å². The van der Waals surface area contributed by atoms with E-state index in [1.165, 1.54) is 24.4 Å². The fourth-order valence-electron chi connectivity index (χ4n) is 2.78. The summed E-state index contributed by atoms with van der Waals surface area (Å²) in [7, 11) is 0. The van der Waals surface area contributed by atoms with Gasteiger partial charge in [-0.25, -0.2) is 10.2 Å². The minimum atomic E-state index is -0.820. The summed E-state index contributed by atoms with van der Waals surface area (Å²) in [6.45, 7) is 7.22. The van der Waals surface area contributed by atoms with Crippen LogP contribution in [0, 0.1) is 5.92 Å². The van der Waals surface area contributed by atoms with Crippen molar-refractivity contribution in [2.24, 2.45) is 11.0 Å². The van der Waals surface area contributed by atoms with Crippen molar-refractivity contribution in [1.82, 2.24) is 10.7 Å². The Balaban J connectivity index is 1.95. The Bertz CT molecular complexity index is 1040. The summed E-state index contributed by atoms with van der Waals surface area (Å²) >= 11 is 11.9. The van der Waals surface area contributed by atoms with Crippen LogP contribution in [-0.4, -0.2) is 42.8 Å². The molecule has 10 heteroatoms. The molecule has 2 aromatic carbocycles. The van der Waals surface area contributed by atoms with Gasteiger partial charge in [-0.05, 0) is 67.8 Å². The van der Waals surface area contributed by atoms with E-state index in [0.29, 0.717) is 16.3 Å². The zero-order valence-electron chi connectivity index (χ0n) is 19.3. The van der Waals surface area contributed by atoms with Crippen LogP contribution in [0.15, 0.2) is 47.6 Å². The maximum atomic E-state index is 12.6. The van der Waals surface area contributed by atoms with Crippen LogP contribution in [0.4, 0.5) is 0 Å². The molecule has 0 radical (unpaired) electrons. The first kappa shape index (κ1) is 27.1. The third-order valence-corrected chi connectivity index (χ3v) is 5.36. The lowest BCUT2D eigenvalue weighted by Gasteiger charge is -2.20. The van der Waals surface area contributed by atoms with E-state index >= 15 is 0 Å². The first-order chi connectivity index (χ1) is 16.1. The molecular formula is C24H27Cl2N3O5. The Morgan fingerprint density at radius 3 is 2.29 bits per heavy atom. The van der Waals surface area contributed by atoms with Gasteiger partial charge in [-0.15, -0.1) is 0 Å². The molecule has 0 fully saturated rings. The molecule has 34 heavy (non-hydrogen) atoms. The number of carbonyl (C=O) groups excluding carboxylic acids is 3. The number of carbonyl (C=O) groups is 3. The second-order valence-electron chi connectivity index (χ2n) is 7.64. The van der Waals surface area contributed by atoms with E-state index in [1.807, 2.05) is 0 Å². The molecule has 0 saturated carbocycles. The van der Waals surface area contributed by atoms with E-state index in [9.17, 15) is 14.4 Å². The molecule has 0 heterocycles. The summed E-state index contributed by atoms with van der Waals surface area (Å²) in [4.78, 5) is 36.8. The lowest BCUT2D eigenvalue weighted by Crippen LogP contribution is -2.48. The predicted octanol–water partition coefficient (Wildman–Crippen LogP) is 4.23. The standard InChI is InChI=1S/C24H27Cl2N3O5/c1-5-33-24(32)15(4)34-18-9-6-16(7-10-18)13-27-29-23(31)21(14(2)3)28-22(30)17-8-11-19(25)20(26)12-17/h6-15,21H,5H2,1-4H3,(H,28,30)(H,29,31). The van der Waals surface area contributed by atoms with Crippen LogP contribution in [0.3, 0.4) is 0 Å². The molecule has 2 aromatic rings. The van der Waals surface area contributed by atoms with Gasteiger partial charge in [-0.2, -0.15) is 5.10 Å². The van der Waals surface area contributed by atoms with Crippen molar-refractivity contribution in [3.05, 3.63) is 63.6 Å². The number of halogens is 2. The first-order valence-electron chi connectivity index (χ1n) is 10.6. The van der Waals surface area contributed by atoms with Crippen molar-refractivity contribution in [2.75, 3.05) is 6.61 Å². The number of rotatable bonds is 10. The lowest BCUT2D eigenvalue weighted by molar-refractivity contribution is -0.150. The average Bonchev–Trinajstić information content (AvgIpc) is 2.80. The number of hydrogen-bond acceptors (Lipinski definition) is 6. The van der Waals surface area contributed by atoms with Gasteiger partial charge in [0.05, 0.1) is 22.9 Å². The second kappa shape index (κ2) is 13.0. The molecule has 2 N–H and O–H groups in total. The topological polar surface area (TPSA) is 106 Å². The molecule has 0 saturated heterocycles. The van der Waals surface area contributed by atoms with E-state index in [4.69, 9.17) is 32.7 Å². The first-order valence-corrected chi connectivity index (χ1v) is 11.4. The summed E-state index contributed by atoms with van der Waals surface area (Å²) in [6, 6.07) is 10.4. The fraction of sp³-hybridized carbons (Fsp3) is 0.333. The normalized spacial score (nSPS) is 12.8. The second-order valence-corrected chi connectivity index (χ2v) is 8.45. The van der Waals surface area contributed by atoms with Crippen molar-refractivity contribution in [1.29, 1.82) is 0 Å². The molecule has 0 aromatic heterocycles. The van der Waals surface area contributed by atoms with Crippen LogP contribution >= 0.6 is 23.2 Å². The van der Waals surface area contributed by atoms with Gasteiger partial charge in [0.2, 0.25) is 0 Å². The molecule has 0 aliphatic rings. The summed E-state index contributed by atoms with van der Waals surface area (Å²) < 4.78 is 10.4. The third-order valence-electron chi connectivity index (χ3n) is 4.62. The summed E-state index contributed by atoms with van der Waals surface area (Å²) in [5, 5.41) is 7.23. The average molecular weight is 508 g/mol. The monoisotopic (exact) mass is 507 g/mol. The molecule has 0 spiro atoms. The maximum Gasteiger partial charge on any atom is 0.347 e. The molecule has 2 rings (SSSR count). The van der Waals surface area contributed by atoms with Crippen LogP contribution < -0.4 is 15.5 Å². The number of amides is 2. The van der Waals surface area contributed by atoms with Gasteiger partial charge >= 0.3 is 5.97 Å². The van der Waals surface area contributed by atoms with Gasteiger partial charge in [-0.1, -0.05) is 37.0 Å². The summed E-state index contributed by atoms with van der Waals surface area (Å²) in [5.41, 5.74) is 3.42. The zero-order valence-corrected chi connectivity index (χ0v) is 20.8. The van der Waals surface area contributed by atoms with Crippen LogP contribution in [0.25, 0.3) is 0 Å². The Morgan fingerprint density at radius 2 is 1.71 bits per heavy atom. The van der Waals surface area contributed by atoms with Crippen LogP contribution in [0.2, 0.25) is 10.0 Å². The highest BCUT2D eigenvalue weighted by Gasteiger charge is 2.24. The van der Waals surface area contributed by atoms with Crippen LogP contribution in [0.1, 0.15) is 43.6 Å². The number of esters is 1. The van der Waals surface area contributed by atoms with Crippen molar-refractivity contribution >= 4 is 47.2 Å². The van der Waals surface area contributed by atoms with Gasteiger partial charge in [0, 0.05) is 5.56 Å². The highest BCUT2D eigenvalue weighted by atomic mass is 35.5. The van der Waals surface area contributed by atoms with Gasteiger partial charge in [0.25, 0.3) is 11.8 Å². The van der Waals surface area contributed by atoms with E-state index in [-0.39, 0.29) is 23.1 Å². The number of ether oxygens (including phenoxy) is 2. The molecule has 0 aliphatic carbocycles. The quantitative estimate of drug-likeness (QED) is 0.284. The van der Waals surface area contributed by atoms with E-state index in [2.05, 4.69) is 15.8 Å². The van der Waals surface area contributed by atoms with Gasteiger partial charge in [0.15, 0.2) is 6.10 Å². The molecule has 182 valence electrons. The molecular weight excluding hydrogens is 481 g/mol. The Morgan fingerprint density at radius 1 is 1.03 bits per heavy atom. The lowest BCUT2D eigenvalue weighted by atomic mass is 10.0. The van der Waals surface area contributed by atoms with E-state index < -0.39 is 29.9 Å². The molecule has 0 bridgehead atoms. The van der Waals surface area contributed by atoms with E-state index in [1.54, 1.807) is 52.0 Å². The van der Waals surface area contributed by atoms with Crippen molar-refractivity contribution < 1.29 is 23.9 Å². The third kappa shape index (κ3) is 8.04. The number of benzene rings is 2. The van der Waals surface area contributed by atoms with Crippen LogP contribution in [0.5, 0.6) is 5.75 Å². The molecule has 8 nitrogen and oxygen atoms in total. The molecule has 2 atom stereocenters. The maximum absolute atomic E-state index is 12.6. The molecule has 2 unspecified atom stereocenters. The highest BCUT2D eigenvalue weighted by molar-refractivity contribution is 6.42. The van der Waals surface area contributed by atoms with Crippen molar-refractivity contribution in [3.8, 4) is 5.75 Å². The highest BCUT2D eigenvalue weighted by Crippen LogP contribution is 2.22. The van der Waals surface area contributed by atoms with Gasteiger partial charge in [-0.3, -0.25) is 9.59 Å². The number of nitrogens with zero attached hydrogens (tertiary/aromatic N) is 1. The van der Waals surface area contributed by atoms with E-state index in [0.717, 1.165) is 0 Å². The fourth-order valence-corrected chi connectivity index (χ4v) is 3.08. The number of hydrazone groups is 1. The van der Waals surface area contributed by atoms with Crippen molar-refractivity contribution in [2.45, 2.75) is 39.8 Å². The summed E-state index contributed by atoms with van der Waals surface area (Å²) in [5.74, 6) is -1.07. The predicted molar refractivity (Wildman–Crippen MR) is 131 cm³/mol. The van der Waals surface area contributed by atoms with Gasteiger partial charge in [0.1, 0.15) is 11.8 Å². The largest absolute Gasteiger partial charge is 0.479 e. The van der Waals surface area contributed by atoms with Crippen molar-refractivity contribution in [3.63, 3.8) is 0 Å². The SMILES string of the molecule is CCOC(=O)C(C)Oc1ccc(C=NNC(=O)C(NC(=O)c2ccc(Cl)c(Cl)c2)C(C)C)cc1. The summed E-state index contributed by atoms with van der Waals surface area (Å²) in [6.07, 6.45) is 0.722. The molecule has 2 amide bonds. The van der Waals surface area contributed by atoms with Crippen LogP contribution in [-0.2, 0) is 14.3 Å². The minimum Gasteiger partial charge on any atom is -0.479 e. The van der Waals surface area contributed by atoms with Gasteiger partial charge < -0.3 is 14.8 Å². The minimum absolute atomic E-state index is 0.195. The number of hydrogen-bond donors (Lipinski definition) is 2. The molecule has 0 aliphatic heterocycles. The Kier molecular flexibility index (Phi) is 10.3. The smallest absolute Gasteiger partial charge is 0.347 e.